The Bertz CT molecular complexity index is 541. The Labute approximate surface area is 180 Å². The molecule has 0 aliphatic heterocycles. The summed E-state index contributed by atoms with van der Waals surface area (Å²) < 4.78 is 0. The first-order valence-electron chi connectivity index (χ1n) is 12.6. The van der Waals surface area contributed by atoms with E-state index in [1.165, 1.54) is 95.5 Å². The van der Waals surface area contributed by atoms with Gasteiger partial charge in [-0.1, -0.05) is 114 Å². The van der Waals surface area contributed by atoms with Gasteiger partial charge in [0.25, 0.3) is 0 Å². The topological polar surface area (TPSA) is 29.1 Å². The molecule has 0 bridgehead atoms. The second kappa shape index (κ2) is 14.6. The molecule has 0 spiro atoms. The fraction of sp³-hybridized carbons (Fsp3) is 0.741. The summed E-state index contributed by atoms with van der Waals surface area (Å²) in [6.07, 6.45) is 20.4. The predicted octanol–water partition coefficient (Wildman–Crippen LogP) is 7.98. The first kappa shape index (κ1) is 24.0. The van der Waals surface area contributed by atoms with Gasteiger partial charge in [-0.15, -0.1) is 0 Å². The Morgan fingerprint density at radius 2 is 1.41 bits per heavy atom. The monoisotopic (exact) mass is 399 g/mol. The van der Waals surface area contributed by atoms with Gasteiger partial charge in [-0.25, -0.2) is 0 Å². The van der Waals surface area contributed by atoms with Crippen molar-refractivity contribution in [2.24, 2.45) is 11.8 Å². The molecule has 2 rings (SSSR count). The quantitative estimate of drug-likeness (QED) is 0.280. The number of unbranched alkanes of at least 4 members (excludes halogenated alkanes) is 11. The minimum atomic E-state index is 0.108. The van der Waals surface area contributed by atoms with Crippen molar-refractivity contribution in [2.75, 3.05) is 0 Å². The van der Waals surface area contributed by atoms with Gasteiger partial charge in [-0.2, -0.15) is 0 Å². The van der Waals surface area contributed by atoms with Crippen LogP contribution in [0, 0.1) is 11.8 Å². The molecule has 0 aromatic heterocycles. The molecule has 0 heterocycles. The average molecular weight is 400 g/mol. The fourth-order valence-electron chi connectivity index (χ4n) is 4.65. The Balaban J connectivity index is 1.46. The highest BCUT2D eigenvalue weighted by Gasteiger charge is 2.36. The molecule has 3 unspecified atom stereocenters. The summed E-state index contributed by atoms with van der Waals surface area (Å²) in [5, 5.41) is 3.24. The highest BCUT2D eigenvalue weighted by atomic mass is 16.2. The van der Waals surface area contributed by atoms with Crippen LogP contribution in [0.15, 0.2) is 30.3 Å². The van der Waals surface area contributed by atoms with E-state index in [9.17, 15) is 4.79 Å². The van der Waals surface area contributed by atoms with Gasteiger partial charge in [0.1, 0.15) is 0 Å². The minimum absolute atomic E-state index is 0.108. The molecule has 0 radical (unpaired) electrons. The molecule has 1 saturated carbocycles. The van der Waals surface area contributed by atoms with E-state index >= 15 is 0 Å². The molecule has 1 amide bonds. The minimum Gasteiger partial charge on any atom is -0.349 e. The summed E-state index contributed by atoms with van der Waals surface area (Å²) in [4.78, 5) is 12.6. The molecule has 29 heavy (non-hydrogen) atoms. The van der Waals surface area contributed by atoms with Crippen LogP contribution < -0.4 is 5.32 Å². The van der Waals surface area contributed by atoms with Crippen LogP contribution in [-0.2, 0) is 4.79 Å². The maximum absolute atomic E-state index is 12.6. The number of hydrogen-bond donors (Lipinski definition) is 1. The van der Waals surface area contributed by atoms with Crippen LogP contribution in [0.25, 0.3) is 0 Å². The predicted molar refractivity (Wildman–Crippen MR) is 125 cm³/mol. The number of nitrogens with one attached hydrogen (secondary N) is 1. The number of carbonyl (C=O) groups excluding carboxylic acids is 1. The van der Waals surface area contributed by atoms with Crippen LogP contribution in [0.4, 0.5) is 0 Å². The summed E-state index contributed by atoms with van der Waals surface area (Å²) in [6.45, 7) is 4.37. The van der Waals surface area contributed by atoms with Crippen molar-refractivity contribution in [3.05, 3.63) is 35.9 Å². The summed E-state index contributed by atoms with van der Waals surface area (Å²) in [5.74, 6) is 1.16. The molecular formula is C27H45NO. The van der Waals surface area contributed by atoms with Gasteiger partial charge >= 0.3 is 0 Å². The Kier molecular flexibility index (Phi) is 12.1. The second-order valence-corrected chi connectivity index (χ2v) is 9.26. The zero-order valence-corrected chi connectivity index (χ0v) is 19.1. The summed E-state index contributed by atoms with van der Waals surface area (Å²) in [6, 6.07) is 10.4. The highest BCUT2D eigenvalue weighted by molar-refractivity contribution is 5.80. The van der Waals surface area contributed by atoms with Gasteiger partial charge in [-0.3, -0.25) is 4.79 Å². The summed E-state index contributed by atoms with van der Waals surface area (Å²) >= 11 is 0. The van der Waals surface area contributed by atoms with Crippen molar-refractivity contribution >= 4 is 5.91 Å². The van der Waals surface area contributed by atoms with E-state index in [1.807, 2.05) is 18.2 Å². The molecule has 1 aliphatic carbocycles. The summed E-state index contributed by atoms with van der Waals surface area (Å²) in [5.41, 5.74) is 1.19. The fourth-order valence-corrected chi connectivity index (χ4v) is 4.65. The van der Waals surface area contributed by atoms with E-state index in [1.54, 1.807) is 0 Å². The van der Waals surface area contributed by atoms with E-state index in [2.05, 4.69) is 31.3 Å². The van der Waals surface area contributed by atoms with Crippen LogP contribution in [0.3, 0.4) is 0 Å². The lowest BCUT2D eigenvalue weighted by Gasteiger charge is -2.36. The van der Waals surface area contributed by atoms with E-state index in [0.29, 0.717) is 5.92 Å². The smallest absolute Gasteiger partial charge is 0.223 e. The van der Waals surface area contributed by atoms with Crippen molar-refractivity contribution < 1.29 is 4.79 Å². The first-order chi connectivity index (χ1) is 14.2. The van der Waals surface area contributed by atoms with Gasteiger partial charge in [0, 0.05) is 5.92 Å². The standard InChI is InChI=1S/C27H45NO/c1-3-4-5-6-7-8-9-10-11-12-13-15-20-25-21-22-26(25)27(29)28-23(2)24-18-16-14-17-19-24/h14,16-19,23,25-26H,3-13,15,20-22H2,1-2H3,(H,28,29). The Morgan fingerprint density at radius 1 is 0.862 bits per heavy atom. The van der Waals surface area contributed by atoms with Gasteiger partial charge in [0.05, 0.1) is 6.04 Å². The van der Waals surface area contributed by atoms with Gasteiger partial charge < -0.3 is 5.32 Å². The number of hydrogen-bond acceptors (Lipinski definition) is 1. The van der Waals surface area contributed by atoms with Gasteiger partial charge in [0.15, 0.2) is 0 Å². The zero-order valence-electron chi connectivity index (χ0n) is 19.1. The average Bonchev–Trinajstić information content (AvgIpc) is 2.71. The Hall–Kier alpha value is -1.31. The third-order valence-electron chi connectivity index (χ3n) is 6.84. The largest absolute Gasteiger partial charge is 0.349 e. The highest BCUT2D eigenvalue weighted by Crippen LogP contribution is 2.38. The molecule has 3 atom stereocenters. The lowest BCUT2D eigenvalue weighted by Crippen LogP contribution is -2.41. The van der Waals surface area contributed by atoms with Crippen LogP contribution in [0.1, 0.15) is 122 Å². The molecule has 1 aliphatic rings. The second-order valence-electron chi connectivity index (χ2n) is 9.26. The van der Waals surface area contributed by atoms with Crippen LogP contribution >= 0.6 is 0 Å². The van der Waals surface area contributed by atoms with Crippen LogP contribution in [0.2, 0.25) is 0 Å². The van der Waals surface area contributed by atoms with Crippen LogP contribution in [0.5, 0.6) is 0 Å². The van der Waals surface area contributed by atoms with Crippen molar-refractivity contribution in [2.45, 2.75) is 116 Å². The van der Waals surface area contributed by atoms with Gasteiger partial charge in [0.2, 0.25) is 5.91 Å². The molecule has 1 aromatic rings. The lowest BCUT2D eigenvalue weighted by atomic mass is 9.70. The molecule has 1 aromatic carbocycles. The number of carbonyl (C=O) groups is 1. The number of benzene rings is 1. The van der Waals surface area contributed by atoms with E-state index < -0.39 is 0 Å². The molecular weight excluding hydrogens is 354 g/mol. The third kappa shape index (κ3) is 9.36. The van der Waals surface area contributed by atoms with Crippen LogP contribution in [-0.4, -0.2) is 5.91 Å². The van der Waals surface area contributed by atoms with E-state index in [0.717, 1.165) is 6.42 Å². The lowest BCUT2D eigenvalue weighted by molar-refractivity contribution is -0.131. The number of amides is 1. The maximum atomic E-state index is 12.6. The van der Waals surface area contributed by atoms with E-state index in [4.69, 9.17) is 0 Å². The zero-order chi connectivity index (χ0) is 20.7. The van der Waals surface area contributed by atoms with E-state index in [-0.39, 0.29) is 17.9 Å². The SMILES string of the molecule is CCCCCCCCCCCCCCC1CCC1C(=O)NC(C)c1ccccc1. The molecule has 164 valence electrons. The normalized spacial score (nSPS) is 19.5. The number of rotatable bonds is 16. The molecule has 0 saturated heterocycles. The Morgan fingerprint density at radius 3 is 1.93 bits per heavy atom. The molecule has 2 nitrogen and oxygen atoms in total. The van der Waals surface area contributed by atoms with Crippen molar-refractivity contribution in [1.82, 2.24) is 5.32 Å². The molecule has 2 heteroatoms. The first-order valence-corrected chi connectivity index (χ1v) is 12.6. The van der Waals surface area contributed by atoms with Crippen molar-refractivity contribution in [3.8, 4) is 0 Å². The molecule has 1 N–H and O–H groups in total. The van der Waals surface area contributed by atoms with Crippen molar-refractivity contribution in [3.63, 3.8) is 0 Å². The molecule has 1 fully saturated rings. The van der Waals surface area contributed by atoms with Crippen molar-refractivity contribution in [1.29, 1.82) is 0 Å². The third-order valence-corrected chi connectivity index (χ3v) is 6.84. The van der Waals surface area contributed by atoms with Gasteiger partial charge in [-0.05, 0) is 37.7 Å². The summed E-state index contributed by atoms with van der Waals surface area (Å²) in [7, 11) is 0. The maximum Gasteiger partial charge on any atom is 0.223 e.